The summed E-state index contributed by atoms with van der Waals surface area (Å²) in [6, 6.07) is 22.8. The number of hydrogen-bond donors (Lipinski definition) is 2. The molecule has 1 aromatic heterocycles. The Morgan fingerprint density at radius 1 is 1.09 bits per heavy atom. The Kier molecular flexibility index (Phi) is 7.20. The molecule has 0 amide bonds. The van der Waals surface area contributed by atoms with Crippen LogP contribution in [0, 0.1) is 0 Å². The number of oxazole rings is 1. The number of ether oxygens (including phenoxy) is 1. The predicted molar refractivity (Wildman–Crippen MR) is 132 cm³/mol. The SMILES string of the molecule is CC(C)(Oc1cccc(CNC(CCc2ccc(Cl)cc2)c2nc3ccccc3o2)c1)C(=O)O. The zero-order valence-corrected chi connectivity index (χ0v) is 19.9. The number of carboxylic acid groups (broad SMARTS) is 1. The molecule has 6 nitrogen and oxygen atoms in total. The van der Waals surface area contributed by atoms with Crippen LogP contribution in [0.1, 0.15) is 43.3 Å². The minimum Gasteiger partial charge on any atom is -0.478 e. The van der Waals surface area contributed by atoms with Crippen LogP contribution in [-0.2, 0) is 17.8 Å². The maximum Gasteiger partial charge on any atom is 0.347 e. The largest absolute Gasteiger partial charge is 0.478 e. The van der Waals surface area contributed by atoms with Gasteiger partial charge in [-0.2, -0.15) is 0 Å². The summed E-state index contributed by atoms with van der Waals surface area (Å²) in [6.07, 6.45) is 1.60. The number of carbonyl (C=O) groups is 1. The quantitative estimate of drug-likeness (QED) is 0.283. The van der Waals surface area contributed by atoms with Crippen molar-refractivity contribution in [2.75, 3.05) is 0 Å². The first-order valence-electron chi connectivity index (χ1n) is 11.1. The first kappa shape index (κ1) is 23.8. The monoisotopic (exact) mass is 478 g/mol. The molecule has 0 fully saturated rings. The Morgan fingerprint density at radius 3 is 2.59 bits per heavy atom. The zero-order valence-electron chi connectivity index (χ0n) is 19.1. The molecular weight excluding hydrogens is 452 g/mol. The summed E-state index contributed by atoms with van der Waals surface area (Å²) in [6.45, 7) is 3.59. The molecule has 0 spiro atoms. The van der Waals surface area contributed by atoms with E-state index in [1.165, 1.54) is 19.4 Å². The van der Waals surface area contributed by atoms with Gasteiger partial charge in [-0.1, -0.05) is 48.0 Å². The van der Waals surface area contributed by atoms with Gasteiger partial charge in [0.15, 0.2) is 11.2 Å². The van der Waals surface area contributed by atoms with Crippen molar-refractivity contribution < 1.29 is 19.1 Å². The van der Waals surface area contributed by atoms with Gasteiger partial charge in [0, 0.05) is 11.6 Å². The van der Waals surface area contributed by atoms with Crippen molar-refractivity contribution >= 4 is 28.7 Å². The number of aryl methyl sites for hydroxylation is 1. The molecule has 0 radical (unpaired) electrons. The van der Waals surface area contributed by atoms with Crippen LogP contribution in [0.15, 0.2) is 77.2 Å². The van der Waals surface area contributed by atoms with E-state index >= 15 is 0 Å². The second-order valence-corrected chi connectivity index (χ2v) is 9.12. The summed E-state index contributed by atoms with van der Waals surface area (Å²) in [5.41, 5.74) is 2.40. The summed E-state index contributed by atoms with van der Waals surface area (Å²) >= 11 is 6.02. The van der Waals surface area contributed by atoms with E-state index in [0.29, 0.717) is 23.2 Å². The predicted octanol–water partition coefficient (Wildman–Crippen LogP) is 6.19. The number of hydrogen-bond acceptors (Lipinski definition) is 5. The highest BCUT2D eigenvalue weighted by Gasteiger charge is 2.29. The Morgan fingerprint density at radius 2 is 1.85 bits per heavy atom. The van der Waals surface area contributed by atoms with E-state index in [1.54, 1.807) is 6.07 Å². The molecule has 4 rings (SSSR count). The lowest BCUT2D eigenvalue weighted by Crippen LogP contribution is -2.37. The topological polar surface area (TPSA) is 84.6 Å². The number of para-hydroxylation sites is 2. The smallest absolute Gasteiger partial charge is 0.347 e. The van der Waals surface area contributed by atoms with Crippen LogP contribution in [0.3, 0.4) is 0 Å². The van der Waals surface area contributed by atoms with E-state index in [1.807, 2.05) is 66.7 Å². The fourth-order valence-electron chi connectivity index (χ4n) is 3.61. The molecule has 0 aliphatic heterocycles. The lowest BCUT2D eigenvalue weighted by atomic mass is 10.0. The number of rotatable bonds is 10. The van der Waals surface area contributed by atoms with Crippen LogP contribution in [-0.4, -0.2) is 21.7 Å². The molecule has 1 unspecified atom stereocenters. The number of aromatic nitrogens is 1. The van der Waals surface area contributed by atoms with E-state index in [4.69, 9.17) is 25.7 Å². The van der Waals surface area contributed by atoms with Crippen LogP contribution >= 0.6 is 11.6 Å². The molecule has 0 bridgehead atoms. The summed E-state index contributed by atoms with van der Waals surface area (Å²) in [4.78, 5) is 16.1. The van der Waals surface area contributed by atoms with Crippen molar-refractivity contribution in [3.05, 3.63) is 94.8 Å². The van der Waals surface area contributed by atoms with Crippen molar-refractivity contribution in [2.45, 2.75) is 44.9 Å². The highest BCUT2D eigenvalue weighted by Crippen LogP contribution is 2.25. The molecule has 0 saturated carbocycles. The number of carboxylic acids is 1. The lowest BCUT2D eigenvalue weighted by molar-refractivity contribution is -0.152. The third kappa shape index (κ3) is 5.95. The second kappa shape index (κ2) is 10.3. The average molecular weight is 479 g/mol. The van der Waals surface area contributed by atoms with Gasteiger partial charge in [-0.25, -0.2) is 9.78 Å². The highest BCUT2D eigenvalue weighted by molar-refractivity contribution is 6.30. The van der Waals surface area contributed by atoms with Gasteiger partial charge in [0.25, 0.3) is 0 Å². The molecule has 34 heavy (non-hydrogen) atoms. The molecule has 0 saturated heterocycles. The first-order chi connectivity index (χ1) is 16.3. The van der Waals surface area contributed by atoms with Crippen molar-refractivity contribution in [3.63, 3.8) is 0 Å². The Labute approximate surface area is 203 Å². The number of benzene rings is 3. The molecular formula is C27H27ClN2O4. The van der Waals surface area contributed by atoms with Gasteiger partial charge in [-0.3, -0.25) is 0 Å². The standard InChI is InChI=1S/C27H27ClN2O4/c1-27(2,26(31)32)34-21-7-5-6-19(16-21)17-29-23(15-12-18-10-13-20(28)14-11-18)25-30-22-8-3-4-9-24(22)33-25/h3-11,13-14,16,23,29H,12,15,17H2,1-2H3,(H,31,32). The Hall–Kier alpha value is -3.35. The molecule has 1 heterocycles. The average Bonchev–Trinajstić information content (AvgIpc) is 3.24. The Balaban J connectivity index is 1.50. The third-order valence-corrected chi connectivity index (χ3v) is 5.83. The lowest BCUT2D eigenvalue weighted by Gasteiger charge is -2.22. The van der Waals surface area contributed by atoms with Crippen LogP contribution in [0.2, 0.25) is 5.02 Å². The molecule has 4 aromatic rings. The fraction of sp³-hybridized carbons (Fsp3) is 0.259. The van der Waals surface area contributed by atoms with Crippen LogP contribution < -0.4 is 10.1 Å². The zero-order chi connectivity index (χ0) is 24.1. The van der Waals surface area contributed by atoms with Crippen molar-refractivity contribution in [1.82, 2.24) is 10.3 Å². The Bertz CT molecular complexity index is 1230. The maximum atomic E-state index is 11.4. The summed E-state index contributed by atoms with van der Waals surface area (Å²) < 4.78 is 11.7. The molecule has 0 aliphatic rings. The second-order valence-electron chi connectivity index (χ2n) is 8.68. The molecule has 2 N–H and O–H groups in total. The maximum absolute atomic E-state index is 11.4. The van der Waals surface area contributed by atoms with Crippen LogP contribution in [0.25, 0.3) is 11.1 Å². The summed E-state index contributed by atoms with van der Waals surface area (Å²) in [5, 5.41) is 13.6. The molecule has 3 aromatic carbocycles. The van der Waals surface area contributed by atoms with E-state index in [0.717, 1.165) is 29.5 Å². The van der Waals surface area contributed by atoms with Gasteiger partial charge in [0.2, 0.25) is 5.89 Å². The number of halogens is 1. The van der Waals surface area contributed by atoms with Gasteiger partial charge in [0.05, 0.1) is 6.04 Å². The van der Waals surface area contributed by atoms with Gasteiger partial charge in [-0.15, -0.1) is 0 Å². The van der Waals surface area contributed by atoms with Crippen molar-refractivity contribution in [1.29, 1.82) is 0 Å². The minimum absolute atomic E-state index is 0.122. The minimum atomic E-state index is -1.31. The van der Waals surface area contributed by atoms with E-state index < -0.39 is 11.6 Å². The van der Waals surface area contributed by atoms with Gasteiger partial charge >= 0.3 is 5.97 Å². The van der Waals surface area contributed by atoms with Crippen molar-refractivity contribution in [2.24, 2.45) is 0 Å². The van der Waals surface area contributed by atoms with Gasteiger partial charge in [0.1, 0.15) is 11.3 Å². The van der Waals surface area contributed by atoms with Gasteiger partial charge < -0.3 is 19.6 Å². The molecule has 0 aliphatic carbocycles. The van der Waals surface area contributed by atoms with E-state index in [-0.39, 0.29) is 6.04 Å². The van der Waals surface area contributed by atoms with E-state index in [9.17, 15) is 9.90 Å². The molecule has 7 heteroatoms. The summed E-state index contributed by atoms with van der Waals surface area (Å²) in [7, 11) is 0. The number of aliphatic carboxylic acids is 1. The number of fused-ring (bicyclic) bond motifs is 1. The number of nitrogens with one attached hydrogen (secondary N) is 1. The molecule has 1 atom stereocenters. The van der Waals surface area contributed by atoms with E-state index in [2.05, 4.69) is 5.32 Å². The first-order valence-corrected chi connectivity index (χ1v) is 11.5. The third-order valence-electron chi connectivity index (χ3n) is 5.58. The number of nitrogens with zero attached hydrogens (tertiary/aromatic N) is 1. The van der Waals surface area contributed by atoms with Gasteiger partial charge in [-0.05, 0) is 74.2 Å². The van der Waals surface area contributed by atoms with Crippen LogP contribution in [0.4, 0.5) is 0 Å². The van der Waals surface area contributed by atoms with Crippen LogP contribution in [0.5, 0.6) is 5.75 Å². The highest BCUT2D eigenvalue weighted by atomic mass is 35.5. The van der Waals surface area contributed by atoms with Crippen molar-refractivity contribution in [3.8, 4) is 5.75 Å². The summed E-state index contributed by atoms with van der Waals surface area (Å²) in [5.74, 6) is 0.120. The molecule has 176 valence electrons. The fourth-order valence-corrected chi connectivity index (χ4v) is 3.74. The normalized spacial score (nSPS) is 12.6.